The standard InChI is InChI=1S/C24H22N4O4S/c25-33(30,31)22-12-6-18(7-13-22)16-26-24(29)23-14-15-28(27-23)17-32-21-10-8-20(9-11-21)19-4-2-1-3-5-19/h1-15H,16-17H2,(H,26,29)(H2,25,30,31). The molecule has 0 radical (unpaired) electrons. The molecule has 3 aromatic carbocycles. The molecule has 0 fully saturated rings. The monoisotopic (exact) mass is 462 g/mol. The van der Waals surface area contributed by atoms with E-state index in [1.165, 1.54) is 16.8 Å². The fraction of sp³-hybridized carbons (Fsp3) is 0.0833. The Labute approximate surface area is 191 Å². The van der Waals surface area contributed by atoms with E-state index in [1.54, 1.807) is 24.4 Å². The summed E-state index contributed by atoms with van der Waals surface area (Å²) in [5.74, 6) is 0.343. The summed E-state index contributed by atoms with van der Waals surface area (Å²) in [4.78, 5) is 12.4. The van der Waals surface area contributed by atoms with Crippen LogP contribution in [0.3, 0.4) is 0 Å². The molecule has 3 N–H and O–H groups in total. The van der Waals surface area contributed by atoms with Gasteiger partial charge in [-0.25, -0.2) is 18.2 Å². The normalized spacial score (nSPS) is 11.2. The Balaban J connectivity index is 1.29. The third kappa shape index (κ3) is 5.85. The second-order valence-electron chi connectivity index (χ2n) is 7.28. The topological polar surface area (TPSA) is 116 Å². The highest BCUT2D eigenvalue weighted by molar-refractivity contribution is 7.89. The third-order valence-corrected chi connectivity index (χ3v) is 5.83. The Bertz CT molecular complexity index is 1330. The lowest BCUT2D eigenvalue weighted by atomic mass is 10.1. The molecule has 0 saturated heterocycles. The van der Waals surface area contributed by atoms with E-state index in [2.05, 4.69) is 10.4 Å². The van der Waals surface area contributed by atoms with Crippen LogP contribution in [-0.4, -0.2) is 24.1 Å². The first-order valence-electron chi connectivity index (χ1n) is 10.1. The molecule has 1 amide bonds. The minimum atomic E-state index is -3.74. The molecule has 0 aliphatic rings. The first kappa shape index (κ1) is 22.3. The number of sulfonamides is 1. The van der Waals surface area contributed by atoms with E-state index in [1.807, 2.05) is 54.6 Å². The zero-order chi connectivity index (χ0) is 23.3. The van der Waals surface area contributed by atoms with Gasteiger partial charge in [-0.3, -0.25) is 4.79 Å². The van der Waals surface area contributed by atoms with Crippen molar-refractivity contribution >= 4 is 15.9 Å². The molecule has 33 heavy (non-hydrogen) atoms. The van der Waals surface area contributed by atoms with Crippen molar-refractivity contribution in [2.45, 2.75) is 18.2 Å². The number of ether oxygens (including phenoxy) is 1. The fourth-order valence-corrected chi connectivity index (χ4v) is 3.65. The van der Waals surface area contributed by atoms with E-state index in [4.69, 9.17) is 9.88 Å². The highest BCUT2D eigenvalue weighted by Crippen LogP contribution is 2.22. The van der Waals surface area contributed by atoms with Gasteiger partial charge in [-0.2, -0.15) is 5.10 Å². The van der Waals surface area contributed by atoms with Crippen LogP contribution in [0.5, 0.6) is 5.75 Å². The summed E-state index contributed by atoms with van der Waals surface area (Å²) in [5.41, 5.74) is 3.21. The Morgan fingerprint density at radius 3 is 2.24 bits per heavy atom. The van der Waals surface area contributed by atoms with Crippen LogP contribution in [0.25, 0.3) is 11.1 Å². The number of nitrogens with one attached hydrogen (secondary N) is 1. The summed E-state index contributed by atoms with van der Waals surface area (Å²) in [7, 11) is -3.74. The molecule has 0 aliphatic heterocycles. The quantitative estimate of drug-likeness (QED) is 0.417. The number of hydrogen-bond donors (Lipinski definition) is 2. The van der Waals surface area contributed by atoms with E-state index in [-0.39, 0.29) is 29.8 Å². The van der Waals surface area contributed by atoms with Gasteiger partial charge in [0.25, 0.3) is 5.91 Å². The molecule has 0 aliphatic carbocycles. The molecular weight excluding hydrogens is 440 g/mol. The Hall–Kier alpha value is -3.95. The number of amides is 1. The van der Waals surface area contributed by atoms with Gasteiger partial charge in [-0.05, 0) is 47.0 Å². The van der Waals surface area contributed by atoms with Crippen LogP contribution in [-0.2, 0) is 23.3 Å². The lowest BCUT2D eigenvalue weighted by molar-refractivity contribution is 0.0944. The van der Waals surface area contributed by atoms with E-state index in [0.717, 1.165) is 16.7 Å². The van der Waals surface area contributed by atoms with Gasteiger partial charge in [0, 0.05) is 12.7 Å². The molecule has 9 heteroatoms. The summed E-state index contributed by atoms with van der Waals surface area (Å²) < 4.78 is 29.9. The van der Waals surface area contributed by atoms with Gasteiger partial charge >= 0.3 is 0 Å². The number of hydrogen-bond acceptors (Lipinski definition) is 5. The number of nitrogens with two attached hydrogens (primary N) is 1. The van der Waals surface area contributed by atoms with Crippen molar-refractivity contribution < 1.29 is 17.9 Å². The lowest BCUT2D eigenvalue weighted by Crippen LogP contribution is -2.23. The largest absolute Gasteiger partial charge is 0.471 e. The fourth-order valence-electron chi connectivity index (χ4n) is 3.14. The Morgan fingerprint density at radius 1 is 0.909 bits per heavy atom. The van der Waals surface area contributed by atoms with Crippen LogP contribution >= 0.6 is 0 Å². The number of primary sulfonamides is 1. The van der Waals surface area contributed by atoms with Gasteiger partial charge in [-0.15, -0.1) is 0 Å². The number of aromatic nitrogens is 2. The summed E-state index contributed by atoms with van der Waals surface area (Å²) in [6.07, 6.45) is 1.66. The van der Waals surface area contributed by atoms with Crippen LogP contribution in [0.15, 0.2) is 96.0 Å². The van der Waals surface area contributed by atoms with Crippen molar-refractivity contribution in [3.05, 3.63) is 102 Å². The van der Waals surface area contributed by atoms with E-state index in [0.29, 0.717) is 5.75 Å². The zero-order valence-electron chi connectivity index (χ0n) is 17.6. The summed E-state index contributed by atoms with van der Waals surface area (Å²) >= 11 is 0. The van der Waals surface area contributed by atoms with Crippen LogP contribution in [0, 0.1) is 0 Å². The van der Waals surface area contributed by atoms with Crippen LogP contribution in [0.1, 0.15) is 16.1 Å². The average Bonchev–Trinajstić information content (AvgIpc) is 3.31. The SMILES string of the molecule is NS(=O)(=O)c1ccc(CNC(=O)c2ccn(COc3ccc(-c4ccccc4)cc3)n2)cc1. The minimum Gasteiger partial charge on any atom is -0.471 e. The highest BCUT2D eigenvalue weighted by Gasteiger charge is 2.11. The maximum Gasteiger partial charge on any atom is 0.272 e. The molecular formula is C24H22N4O4S. The first-order valence-corrected chi connectivity index (χ1v) is 11.6. The zero-order valence-corrected chi connectivity index (χ0v) is 18.4. The predicted octanol–water partition coefficient (Wildman–Crippen LogP) is 3.16. The third-order valence-electron chi connectivity index (χ3n) is 4.90. The van der Waals surface area contributed by atoms with Gasteiger partial charge in [0.1, 0.15) is 11.4 Å². The number of rotatable bonds is 8. The van der Waals surface area contributed by atoms with Gasteiger partial charge in [0.15, 0.2) is 6.73 Å². The molecule has 0 saturated carbocycles. The van der Waals surface area contributed by atoms with Crippen molar-refractivity contribution in [3.63, 3.8) is 0 Å². The van der Waals surface area contributed by atoms with E-state index < -0.39 is 10.0 Å². The molecule has 8 nitrogen and oxygen atoms in total. The van der Waals surface area contributed by atoms with Crippen molar-refractivity contribution in [3.8, 4) is 16.9 Å². The second kappa shape index (κ2) is 9.68. The molecule has 4 rings (SSSR count). The van der Waals surface area contributed by atoms with Gasteiger partial charge in [-0.1, -0.05) is 54.6 Å². The molecule has 4 aromatic rings. The van der Waals surface area contributed by atoms with E-state index >= 15 is 0 Å². The van der Waals surface area contributed by atoms with Crippen molar-refractivity contribution in [2.75, 3.05) is 0 Å². The minimum absolute atomic E-state index is 0.0195. The average molecular weight is 463 g/mol. The van der Waals surface area contributed by atoms with E-state index in [9.17, 15) is 13.2 Å². The van der Waals surface area contributed by atoms with Gasteiger partial charge in [0.05, 0.1) is 4.90 Å². The van der Waals surface area contributed by atoms with Crippen LogP contribution in [0.4, 0.5) is 0 Å². The summed E-state index contributed by atoms with van der Waals surface area (Å²) in [5, 5.41) is 12.1. The second-order valence-corrected chi connectivity index (χ2v) is 8.84. The predicted molar refractivity (Wildman–Crippen MR) is 124 cm³/mol. The highest BCUT2D eigenvalue weighted by atomic mass is 32.2. The molecule has 0 atom stereocenters. The smallest absolute Gasteiger partial charge is 0.272 e. The molecule has 0 spiro atoms. The Morgan fingerprint density at radius 2 is 1.58 bits per heavy atom. The van der Waals surface area contributed by atoms with Crippen molar-refractivity contribution in [1.29, 1.82) is 0 Å². The first-order chi connectivity index (χ1) is 15.9. The number of carbonyl (C=O) groups excluding carboxylic acids is 1. The van der Waals surface area contributed by atoms with Crippen molar-refractivity contribution in [2.24, 2.45) is 5.14 Å². The Kier molecular flexibility index (Phi) is 6.53. The number of benzene rings is 3. The van der Waals surface area contributed by atoms with Crippen LogP contribution in [0.2, 0.25) is 0 Å². The van der Waals surface area contributed by atoms with Gasteiger partial charge < -0.3 is 10.1 Å². The molecule has 1 aromatic heterocycles. The summed E-state index contributed by atoms with van der Waals surface area (Å²) in [6, 6.07) is 25.4. The number of nitrogens with zero attached hydrogens (tertiary/aromatic N) is 2. The maximum atomic E-state index is 12.4. The number of carbonyl (C=O) groups is 1. The molecule has 0 bridgehead atoms. The molecule has 0 unspecified atom stereocenters. The lowest BCUT2D eigenvalue weighted by Gasteiger charge is -2.08. The maximum absolute atomic E-state index is 12.4. The van der Waals surface area contributed by atoms with Gasteiger partial charge in [0.2, 0.25) is 10.0 Å². The molecule has 168 valence electrons. The molecule has 1 heterocycles. The van der Waals surface area contributed by atoms with Crippen LogP contribution < -0.4 is 15.2 Å². The van der Waals surface area contributed by atoms with Crippen molar-refractivity contribution in [1.82, 2.24) is 15.1 Å². The summed E-state index contributed by atoms with van der Waals surface area (Å²) in [6.45, 7) is 0.383.